The first-order valence-corrected chi connectivity index (χ1v) is 7.29. The number of benzene rings is 1. The Bertz CT molecular complexity index is 535. The maximum atomic E-state index is 5.76. The summed E-state index contributed by atoms with van der Waals surface area (Å²) in [6.45, 7) is 8.43. The summed E-state index contributed by atoms with van der Waals surface area (Å²) >= 11 is 1.76. The number of nitrogens with zero attached hydrogens (tertiary/aromatic N) is 1. The summed E-state index contributed by atoms with van der Waals surface area (Å²) in [5, 5.41) is 1.14. The molecule has 1 aromatic heterocycles. The second-order valence-corrected chi connectivity index (χ2v) is 6.27. The van der Waals surface area contributed by atoms with Crippen molar-refractivity contribution in [3.8, 4) is 0 Å². The van der Waals surface area contributed by atoms with E-state index in [-0.39, 0.29) is 6.04 Å². The number of thiazole rings is 1. The van der Waals surface area contributed by atoms with Gasteiger partial charge in [-0.25, -0.2) is 4.98 Å². The maximum absolute atomic E-state index is 5.76. The molecule has 0 spiro atoms. The highest BCUT2D eigenvalue weighted by Gasteiger charge is 2.17. The smallest absolute Gasteiger partial charge is 0.0950 e. The summed E-state index contributed by atoms with van der Waals surface area (Å²) in [7, 11) is 0. The van der Waals surface area contributed by atoms with Gasteiger partial charge in [0.15, 0.2) is 0 Å². The van der Waals surface area contributed by atoms with E-state index in [0.29, 0.717) is 0 Å². The molecular formula is C15H21N3S. The van der Waals surface area contributed by atoms with Crippen molar-refractivity contribution in [1.82, 2.24) is 10.4 Å². The van der Waals surface area contributed by atoms with Gasteiger partial charge in [0, 0.05) is 11.3 Å². The molecule has 0 aliphatic rings. The Labute approximate surface area is 118 Å². The van der Waals surface area contributed by atoms with E-state index in [2.05, 4.69) is 56.3 Å². The van der Waals surface area contributed by atoms with Crippen molar-refractivity contribution in [3.63, 3.8) is 0 Å². The third kappa shape index (κ3) is 3.03. The number of nitrogens with two attached hydrogens (primary N) is 1. The molecule has 0 saturated heterocycles. The average molecular weight is 275 g/mol. The van der Waals surface area contributed by atoms with Crippen molar-refractivity contribution in [3.05, 3.63) is 50.5 Å². The minimum absolute atomic E-state index is 0.117. The van der Waals surface area contributed by atoms with Crippen LogP contribution in [0, 0.1) is 27.7 Å². The Balaban J connectivity index is 2.30. The number of rotatable bonds is 4. The molecule has 4 heteroatoms. The first-order valence-electron chi connectivity index (χ1n) is 6.48. The number of aryl methyl sites for hydroxylation is 4. The fourth-order valence-corrected chi connectivity index (χ4v) is 3.40. The van der Waals surface area contributed by atoms with Crippen LogP contribution in [-0.2, 0) is 6.42 Å². The van der Waals surface area contributed by atoms with Crippen LogP contribution in [0.1, 0.15) is 38.3 Å². The van der Waals surface area contributed by atoms with Crippen LogP contribution in [0.2, 0.25) is 0 Å². The standard InChI is InChI=1S/C15H21N3S/c1-9-6-5-7-10(2)15(9)13(18-16)8-14-17-11(3)12(4)19-14/h5-7,13,18H,8,16H2,1-4H3. The van der Waals surface area contributed by atoms with E-state index in [1.165, 1.54) is 21.6 Å². The summed E-state index contributed by atoms with van der Waals surface area (Å²) < 4.78 is 0. The highest BCUT2D eigenvalue weighted by molar-refractivity contribution is 7.11. The molecule has 0 aliphatic heterocycles. The molecule has 1 aromatic carbocycles. The topological polar surface area (TPSA) is 50.9 Å². The van der Waals surface area contributed by atoms with Crippen LogP contribution in [0.15, 0.2) is 18.2 Å². The fourth-order valence-electron chi connectivity index (χ4n) is 2.42. The molecule has 1 atom stereocenters. The number of aromatic nitrogens is 1. The van der Waals surface area contributed by atoms with E-state index in [0.717, 1.165) is 17.1 Å². The summed E-state index contributed by atoms with van der Waals surface area (Å²) in [5.74, 6) is 5.76. The van der Waals surface area contributed by atoms with Gasteiger partial charge in [-0.05, 0) is 44.4 Å². The van der Waals surface area contributed by atoms with Gasteiger partial charge in [0.1, 0.15) is 0 Å². The van der Waals surface area contributed by atoms with E-state index in [1.807, 2.05) is 0 Å². The average Bonchev–Trinajstić information content (AvgIpc) is 2.67. The van der Waals surface area contributed by atoms with Gasteiger partial charge in [0.2, 0.25) is 0 Å². The molecule has 1 heterocycles. The summed E-state index contributed by atoms with van der Waals surface area (Å²) in [6.07, 6.45) is 0.835. The quantitative estimate of drug-likeness (QED) is 0.666. The van der Waals surface area contributed by atoms with Crippen LogP contribution in [-0.4, -0.2) is 4.98 Å². The van der Waals surface area contributed by atoms with Crippen molar-refractivity contribution in [1.29, 1.82) is 0 Å². The molecule has 102 valence electrons. The molecule has 19 heavy (non-hydrogen) atoms. The molecule has 0 radical (unpaired) electrons. The number of hydrogen-bond donors (Lipinski definition) is 2. The molecule has 2 aromatic rings. The zero-order chi connectivity index (χ0) is 14.0. The van der Waals surface area contributed by atoms with Gasteiger partial charge in [-0.2, -0.15) is 0 Å². The Morgan fingerprint density at radius 2 is 1.84 bits per heavy atom. The van der Waals surface area contributed by atoms with Gasteiger partial charge < -0.3 is 0 Å². The monoisotopic (exact) mass is 275 g/mol. The van der Waals surface area contributed by atoms with Crippen LogP contribution >= 0.6 is 11.3 Å². The van der Waals surface area contributed by atoms with Crippen molar-refractivity contribution in [2.75, 3.05) is 0 Å². The molecular weight excluding hydrogens is 254 g/mol. The van der Waals surface area contributed by atoms with Crippen LogP contribution in [0.4, 0.5) is 0 Å². The minimum Gasteiger partial charge on any atom is -0.271 e. The lowest BCUT2D eigenvalue weighted by molar-refractivity contribution is 0.545. The number of nitrogens with one attached hydrogen (secondary N) is 1. The van der Waals surface area contributed by atoms with E-state index < -0.39 is 0 Å². The predicted octanol–water partition coefficient (Wildman–Crippen LogP) is 3.12. The third-order valence-corrected chi connectivity index (χ3v) is 4.64. The molecule has 3 N–H and O–H groups in total. The van der Waals surface area contributed by atoms with Crippen LogP contribution in [0.5, 0.6) is 0 Å². The zero-order valence-corrected chi connectivity index (χ0v) is 12.8. The molecule has 1 unspecified atom stereocenters. The van der Waals surface area contributed by atoms with Crippen LogP contribution in [0.25, 0.3) is 0 Å². The van der Waals surface area contributed by atoms with Crippen molar-refractivity contribution in [2.24, 2.45) is 5.84 Å². The van der Waals surface area contributed by atoms with E-state index in [4.69, 9.17) is 5.84 Å². The Hall–Kier alpha value is -1.23. The first kappa shape index (κ1) is 14.2. The Morgan fingerprint density at radius 3 is 2.32 bits per heavy atom. The fraction of sp³-hybridized carbons (Fsp3) is 0.400. The molecule has 3 nitrogen and oxygen atoms in total. The van der Waals surface area contributed by atoms with Crippen molar-refractivity contribution < 1.29 is 0 Å². The minimum atomic E-state index is 0.117. The maximum Gasteiger partial charge on any atom is 0.0950 e. The Kier molecular flexibility index (Phi) is 4.34. The Morgan fingerprint density at radius 1 is 1.21 bits per heavy atom. The molecule has 0 saturated carbocycles. The SMILES string of the molecule is Cc1cccc(C)c1C(Cc1nc(C)c(C)s1)NN. The van der Waals surface area contributed by atoms with Crippen LogP contribution in [0.3, 0.4) is 0 Å². The van der Waals surface area contributed by atoms with E-state index in [9.17, 15) is 0 Å². The molecule has 2 rings (SSSR count). The van der Waals surface area contributed by atoms with Gasteiger partial charge >= 0.3 is 0 Å². The summed E-state index contributed by atoms with van der Waals surface area (Å²) in [4.78, 5) is 5.89. The molecule has 0 aliphatic carbocycles. The van der Waals surface area contributed by atoms with Gasteiger partial charge in [0.05, 0.1) is 16.7 Å². The predicted molar refractivity (Wildman–Crippen MR) is 81.3 cm³/mol. The van der Waals surface area contributed by atoms with Gasteiger partial charge in [0.25, 0.3) is 0 Å². The lowest BCUT2D eigenvalue weighted by Crippen LogP contribution is -2.30. The summed E-state index contributed by atoms with van der Waals surface area (Å²) in [5.41, 5.74) is 7.90. The van der Waals surface area contributed by atoms with E-state index in [1.54, 1.807) is 11.3 Å². The lowest BCUT2D eigenvalue weighted by Gasteiger charge is -2.19. The molecule has 0 amide bonds. The second kappa shape index (κ2) is 5.82. The zero-order valence-electron chi connectivity index (χ0n) is 11.9. The lowest BCUT2D eigenvalue weighted by atomic mass is 9.95. The molecule has 0 bridgehead atoms. The van der Waals surface area contributed by atoms with Gasteiger partial charge in [-0.3, -0.25) is 11.3 Å². The normalized spacial score (nSPS) is 12.7. The van der Waals surface area contributed by atoms with Crippen LogP contribution < -0.4 is 11.3 Å². The van der Waals surface area contributed by atoms with Gasteiger partial charge in [-0.15, -0.1) is 11.3 Å². The number of hydrazine groups is 1. The van der Waals surface area contributed by atoms with E-state index >= 15 is 0 Å². The largest absolute Gasteiger partial charge is 0.271 e. The highest BCUT2D eigenvalue weighted by Crippen LogP contribution is 2.27. The van der Waals surface area contributed by atoms with Gasteiger partial charge in [-0.1, -0.05) is 18.2 Å². The van der Waals surface area contributed by atoms with Crippen molar-refractivity contribution >= 4 is 11.3 Å². The number of hydrogen-bond acceptors (Lipinski definition) is 4. The third-order valence-electron chi connectivity index (χ3n) is 3.54. The highest BCUT2D eigenvalue weighted by atomic mass is 32.1. The van der Waals surface area contributed by atoms with Crippen molar-refractivity contribution in [2.45, 2.75) is 40.2 Å². The first-order chi connectivity index (χ1) is 9.02. The molecule has 0 fully saturated rings. The second-order valence-electron chi connectivity index (χ2n) is 4.98. The summed E-state index contributed by atoms with van der Waals surface area (Å²) in [6, 6.07) is 6.46.